The first-order valence-electron chi connectivity index (χ1n) is 6.25. The molecule has 19 heavy (non-hydrogen) atoms. The number of aromatic nitrogens is 3. The normalized spacial score (nSPS) is 14.3. The molecule has 1 atom stereocenters. The van der Waals surface area contributed by atoms with Crippen LogP contribution in [0.1, 0.15) is 33.1 Å². The average molecular weight is 287 g/mol. The van der Waals surface area contributed by atoms with Gasteiger partial charge < -0.3 is 11.5 Å². The second-order valence-corrected chi connectivity index (χ2v) is 5.76. The highest BCUT2D eigenvalue weighted by Gasteiger charge is 2.24. The van der Waals surface area contributed by atoms with Crippen LogP contribution in [-0.2, 0) is 11.3 Å². The minimum absolute atomic E-state index is 0.190. The van der Waals surface area contributed by atoms with E-state index in [0.29, 0.717) is 18.1 Å². The van der Waals surface area contributed by atoms with Gasteiger partial charge in [-0.25, -0.2) is 9.89 Å². The van der Waals surface area contributed by atoms with Crippen LogP contribution in [0.5, 0.6) is 0 Å². The van der Waals surface area contributed by atoms with E-state index in [1.54, 1.807) is 11.5 Å². The Balaban J connectivity index is 2.46. The van der Waals surface area contributed by atoms with Crippen molar-refractivity contribution in [1.82, 2.24) is 14.8 Å². The molecule has 7 nitrogen and oxygen atoms in total. The molecule has 0 spiro atoms. The van der Waals surface area contributed by atoms with Crippen molar-refractivity contribution in [3.8, 4) is 0 Å². The molecule has 1 amide bonds. The van der Waals surface area contributed by atoms with Gasteiger partial charge in [-0.2, -0.15) is 0 Å². The number of nitrogens with one attached hydrogen (secondary N) is 1. The number of nitrogens with zero attached hydrogens (tertiary/aromatic N) is 2. The molecule has 0 saturated heterocycles. The lowest BCUT2D eigenvalue weighted by Crippen LogP contribution is -2.49. The summed E-state index contributed by atoms with van der Waals surface area (Å²) in [7, 11) is 0. The lowest BCUT2D eigenvalue weighted by Gasteiger charge is -2.19. The topological polar surface area (TPSA) is 120 Å². The maximum absolute atomic E-state index is 11.5. The molecule has 0 aromatic carbocycles. The van der Waals surface area contributed by atoms with Gasteiger partial charge in [0.1, 0.15) is 0 Å². The minimum Gasteiger partial charge on any atom is -0.368 e. The molecule has 8 heteroatoms. The van der Waals surface area contributed by atoms with Gasteiger partial charge in [0.25, 0.3) is 0 Å². The lowest BCUT2D eigenvalue weighted by atomic mass is 9.97. The number of thioether (sulfide) groups is 1. The van der Waals surface area contributed by atoms with Gasteiger partial charge in [0.15, 0.2) is 5.16 Å². The summed E-state index contributed by atoms with van der Waals surface area (Å²) in [5.74, 6) is 0.230. The number of aromatic amines is 1. The van der Waals surface area contributed by atoms with Crippen LogP contribution < -0.4 is 17.2 Å². The number of rotatable bonds is 8. The quantitative estimate of drug-likeness (QED) is 0.461. The fourth-order valence-corrected chi connectivity index (χ4v) is 2.47. The monoisotopic (exact) mass is 287 g/mol. The summed E-state index contributed by atoms with van der Waals surface area (Å²) in [6.45, 7) is 4.27. The molecule has 0 bridgehead atoms. The van der Waals surface area contributed by atoms with E-state index in [1.165, 1.54) is 11.8 Å². The molecular formula is C11H21N5O2S. The van der Waals surface area contributed by atoms with E-state index in [-0.39, 0.29) is 5.69 Å². The summed E-state index contributed by atoms with van der Waals surface area (Å²) in [6, 6.07) is 0. The highest BCUT2D eigenvalue weighted by molar-refractivity contribution is 7.99. The van der Waals surface area contributed by atoms with Crippen LogP contribution in [0.25, 0.3) is 0 Å². The van der Waals surface area contributed by atoms with E-state index < -0.39 is 11.4 Å². The van der Waals surface area contributed by atoms with Gasteiger partial charge >= 0.3 is 5.69 Å². The highest BCUT2D eigenvalue weighted by Crippen LogP contribution is 2.18. The van der Waals surface area contributed by atoms with Gasteiger partial charge in [-0.05, 0) is 26.2 Å². The Morgan fingerprint density at radius 1 is 1.58 bits per heavy atom. The van der Waals surface area contributed by atoms with Crippen molar-refractivity contribution in [2.24, 2.45) is 11.5 Å². The number of amides is 1. The fourth-order valence-electron chi connectivity index (χ4n) is 1.56. The predicted octanol–water partition coefficient (Wildman–Crippen LogP) is 0.0564. The third-order valence-electron chi connectivity index (χ3n) is 2.80. The van der Waals surface area contributed by atoms with Gasteiger partial charge in [-0.3, -0.25) is 9.36 Å². The lowest BCUT2D eigenvalue weighted by molar-refractivity contribution is -0.122. The number of primary amides is 1. The van der Waals surface area contributed by atoms with Gasteiger partial charge in [0, 0.05) is 12.3 Å². The average Bonchev–Trinajstić information content (AvgIpc) is 2.67. The van der Waals surface area contributed by atoms with Crippen LogP contribution in [0.4, 0.5) is 0 Å². The van der Waals surface area contributed by atoms with Crippen molar-refractivity contribution in [1.29, 1.82) is 0 Å². The summed E-state index contributed by atoms with van der Waals surface area (Å²) < 4.78 is 1.61. The molecule has 5 N–H and O–H groups in total. The van der Waals surface area contributed by atoms with Crippen LogP contribution >= 0.6 is 11.8 Å². The van der Waals surface area contributed by atoms with Crippen molar-refractivity contribution < 1.29 is 4.79 Å². The van der Waals surface area contributed by atoms with Gasteiger partial charge in [-0.1, -0.05) is 18.7 Å². The Hall–Kier alpha value is -1.28. The Morgan fingerprint density at radius 3 is 2.84 bits per heavy atom. The van der Waals surface area contributed by atoms with E-state index >= 15 is 0 Å². The summed E-state index contributed by atoms with van der Waals surface area (Å²) in [5.41, 5.74) is 9.79. The molecule has 0 aliphatic rings. The zero-order valence-corrected chi connectivity index (χ0v) is 12.1. The maximum atomic E-state index is 11.5. The molecular weight excluding hydrogens is 266 g/mol. The number of carbonyl (C=O) groups is 1. The largest absolute Gasteiger partial charge is 0.368 e. The minimum atomic E-state index is -0.977. The van der Waals surface area contributed by atoms with E-state index in [4.69, 9.17) is 11.5 Å². The second-order valence-electron chi connectivity index (χ2n) is 4.70. The van der Waals surface area contributed by atoms with Gasteiger partial charge in [-0.15, -0.1) is 5.10 Å². The molecule has 1 aromatic heterocycles. The van der Waals surface area contributed by atoms with Crippen LogP contribution in [0.3, 0.4) is 0 Å². The number of carbonyl (C=O) groups excluding carboxylic acids is 1. The van der Waals surface area contributed by atoms with Crippen LogP contribution in [0, 0.1) is 0 Å². The van der Waals surface area contributed by atoms with Crippen molar-refractivity contribution in [3.63, 3.8) is 0 Å². The van der Waals surface area contributed by atoms with Crippen LogP contribution in [0.2, 0.25) is 0 Å². The summed E-state index contributed by atoms with van der Waals surface area (Å²) in [6.07, 6.45) is 2.11. The SMILES string of the molecule is CCCn1c(SCCCC(C)(N)C(N)=O)n[nH]c1=O. The molecule has 1 unspecified atom stereocenters. The van der Waals surface area contributed by atoms with Gasteiger partial charge in [0.2, 0.25) is 5.91 Å². The van der Waals surface area contributed by atoms with E-state index in [2.05, 4.69) is 10.2 Å². The van der Waals surface area contributed by atoms with Crippen LogP contribution in [0.15, 0.2) is 9.95 Å². The molecule has 0 aliphatic heterocycles. The van der Waals surface area contributed by atoms with Crippen molar-refractivity contribution in [2.45, 2.75) is 50.4 Å². The van der Waals surface area contributed by atoms with E-state index in [9.17, 15) is 9.59 Å². The number of hydrogen-bond acceptors (Lipinski definition) is 5. The molecule has 0 fully saturated rings. The van der Waals surface area contributed by atoms with E-state index in [0.717, 1.165) is 18.6 Å². The Bertz CT molecular complexity index is 480. The fraction of sp³-hybridized carbons (Fsp3) is 0.727. The smallest absolute Gasteiger partial charge is 0.343 e. The van der Waals surface area contributed by atoms with Crippen LogP contribution in [-0.4, -0.2) is 32.0 Å². The molecule has 1 aromatic rings. The maximum Gasteiger partial charge on any atom is 0.343 e. The number of nitrogens with two attached hydrogens (primary N) is 2. The summed E-state index contributed by atoms with van der Waals surface area (Å²) >= 11 is 1.47. The summed E-state index contributed by atoms with van der Waals surface area (Å²) in [5, 5.41) is 7.08. The van der Waals surface area contributed by atoms with Crippen molar-refractivity contribution in [2.75, 3.05) is 5.75 Å². The zero-order valence-electron chi connectivity index (χ0n) is 11.3. The third-order valence-corrected chi connectivity index (χ3v) is 3.87. The predicted molar refractivity (Wildman–Crippen MR) is 74.9 cm³/mol. The van der Waals surface area contributed by atoms with Crippen molar-refractivity contribution in [3.05, 3.63) is 10.5 Å². The van der Waals surface area contributed by atoms with Gasteiger partial charge in [0.05, 0.1) is 5.54 Å². The van der Waals surface area contributed by atoms with E-state index in [1.807, 2.05) is 6.92 Å². The molecule has 0 saturated carbocycles. The standard InChI is InChI=1S/C11H21N5O2S/c1-3-6-16-9(18)14-15-10(16)19-7-4-5-11(2,13)8(12)17/h3-7,13H2,1-2H3,(H2,12,17)(H,14,18). The Kier molecular flexibility index (Phi) is 5.61. The molecule has 0 aliphatic carbocycles. The molecule has 1 heterocycles. The highest BCUT2D eigenvalue weighted by atomic mass is 32.2. The number of hydrogen-bond donors (Lipinski definition) is 3. The molecule has 108 valence electrons. The second kappa shape index (κ2) is 6.76. The Morgan fingerprint density at radius 2 is 2.26 bits per heavy atom. The first kappa shape index (κ1) is 15.8. The number of H-pyrrole nitrogens is 1. The molecule has 0 radical (unpaired) electrons. The summed E-state index contributed by atoms with van der Waals surface area (Å²) in [4.78, 5) is 22.5. The Labute approximate surface area is 116 Å². The van der Waals surface area contributed by atoms with Crippen molar-refractivity contribution >= 4 is 17.7 Å². The first-order valence-corrected chi connectivity index (χ1v) is 7.24. The zero-order chi connectivity index (χ0) is 14.5. The molecule has 1 rings (SSSR count). The first-order chi connectivity index (χ1) is 8.88. The third kappa shape index (κ3) is 4.39.